The highest BCUT2D eigenvalue weighted by atomic mass is 32.2. The number of hydrogen-bond acceptors (Lipinski definition) is 6. The maximum Gasteiger partial charge on any atom is 0.379 e. The van der Waals surface area contributed by atoms with Crippen LogP contribution >= 0.6 is 0 Å². The van der Waals surface area contributed by atoms with Crippen molar-refractivity contribution >= 4 is 21.9 Å². The van der Waals surface area contributed by atoms with Gasteiger partial charge in [0.05, 0.1) is 7.11 Å². The van der Waals surface area contributed by atoms with Crippen LogP contribution in [0.15, 0.2) is 18.2 Å². The lowest BCUT2D eigenvalue weighted by molar-refractivity contribution is 0.00817. The topological polar surface area (TPSA) is 86.7 Å². The van der Waals surface area contributed by atoms with Gasteiger partial charge in [-0.3, -0.25) is 4.79 Å². The van der Waals surface area contributed by atoms with Gasteiger partial charge in [0.1, 0.15) is 11.3 Å². The van der Waals surface area contributed by atoms with Crippen molar-refractivity contribution in [2.45, 2.75) is 6.68 Å². The lowest BCUT2D eigenvalue weighted by atomic mass is 10.1. The molecule has 0 fully saturated rings. The van der Waals surface area contributed by atoms with Crippen molar-refractivity contribution in [1.82, 2.24) is 0 Å². The lowest BCUT2D eigenvalue weighted by Gasteiger charge is -2.14. The Morgan fingerprint density at radius 2 is 1.90 bits per heavy atom. The number of rotatable bonds is 1. The average molecular weight is 326 g/mol. The highest BCUT2D eigenvalue weighted by molar-refractivity contribution is 7.87. The van der Waals surface area contributed by atoms with Crippen LogP contribution < -0.4 is 4.18 Å². The summed E-state index contributed by atoms with van der Waals surface area (Å²) in [5.41, 5.74) is 0.0580. The predicted molar refractivity (Wildman–Crippen MR) is 63.6 cm³/mol. The Bertz CT molecular complexity index is 653. The van der Waals surface area contributed by atoms with Crippen LogP contribution in [0.3, 0.4) is 0 Å². The Hall–Kier alpha value is -2.10. The molecule has 0 spiro atoms. The lowest BCUT2D eigenvalue weighted by Crippen LogP contribution is -2.25. The van der Waals surface area contributed by atoms with Gasteiger partial charge in [0.2, 0.25) is 0 Å². The van der Waals surface area contributed by atoms with Gasteiger partial charge in [0.25, 0.3) is 0 Å². The van der Waals surface area contributed by atoms with E-state index in [1.165, 1.54) is 18.2 Å². The summed E-state index contributed by atoms with van der Waals surface area (Å²) in [6.45, 7) is -3.67. The van der Waals surface area contributed by atoms with Gasteiger partial charge in [-0.25, -0.2) is 4.79 Å². The Kier molecular flexibility index (Phi) is 5.30. The fraction of sp³-hybridized carbons (Fsp3) is 0.273. The molecule has 10 heteroatoms. The number of Topliss-reactive ketones (excluding diaryl/α,β-unsaturated/α-hetero) is 1. The number of alkyl halides is 3. The first kappa shape index (κ1) is 17.0. The molecular formula is C11H9F3O6S. The molecule has 0 saturated carbocycles. The molecule has 2 heterocycles. The van der Waals surface area contributed by atoms with E-state index in [4.69, 9.17) is 0 Å². The molecule has 116 valence electrons. The number of carbonyl (C=O) groups excluding carboxylic acids is 2. The summed E-state index contributed by atoms with van der Waals surface area (Å²) in [4.78, 5) is 22.9. The van der Waals surface area contributed by atoms with Crippen LogP contribution in [0.1, 0.15) is 20.7 Å². The third-order valence-corrected chi connectivity index (χ3v) is 3.28. The summed E-state index contributed by atoms with van der Waals surface area (Å²) in [6.07, 6.45) is 0. The van der Waals surface area contributed by atoms with E-state index in [9.17, 15) is 31.2 Å². The molecule has 0 saturated heterocycles. The number of esters is 1. The maximum atomic E-state index is 11.5. The first-order valence-corrected chi connectivity index (χ1v) is 6.84. The normalized spacial score (nSPS) is 15.4. The zero-order chi connectivity index (χ0) is 16.2. The van der Waals surface area contributed by atoms with Crippen molar-refractivity contribution in [3.05, 3.63) is 29.3 Å². The molecule has 0 N–H and O–H groups in total. The zero-order valence-corrected chi connectivity index (χ0v) is 11.3. The fourth-order valence-electron chi connectivity index (χ4n) is 1.46. The Balaban J connectivity index is 0.000000491. The maximum absolute atomic E-state index is 11.5. The van der Waals surface area contributed by atoms with E-state index in [-0.39, 0.29) is 16.9 Å². The van der Waals surface area contributed by atoms with E-state index in [2.05, 4.69) is 8.92 Å². The quantitative estimate of drug-likeness (QED) is 0.575. The number of carbonyl (C=O) groups is 2. The number of methoxy groups -OCH3 is 1. The molecule has 1 aromatic carbocycles. The second-order valence-electron chi connectivity index (χ2n) is 3.66. The number of halogens is 3. The van der Waals surface area contributed by atoms with Crippen molar-refractivity contribution in [3.8, 4) is 5.75 Å². The summed E-state index contributed by atoms with van der Waals surface area (Å²) < 4.78 is 60.9. The first-order valence-electron chi connectivity index (χ1n) is 5.26. The van der Waals surface area contributed by atoms with Crippen LogP contribution in [0, 0.1) is 0 Å². The second kappa shape index (κ2) is 6.57. The van der Waals surface area contributed by atoms with Crippen molar-refractivity contribution in [2.24, 2.45) is 0 Å². The second-order valence-corrected chi connectivity index (χ2v) is 5.23. The van der Waals surface area contributed by atoms with Crippen LogP contribution in [0.4, 0.5) is 13.2 Å². The van der Waals surface area contributed by atoms with Crippen LogP contribution in [0.25, 0.3) is 0 Å². The Morgan fingerprint density at radius 3 is 2.43 bits per heavy atom. The molecule has 0 aliphatic carbocycles. The van der Waals surface area contributed by atoms with E-state index in [1.807, 2.05) is 0 Å². The van der Waals surface area contributed by atoms with Crippen molar-refractivity contribution < 1.29 is 40.1 Å². The predicted octanol–water partition coefficient (Wildman–Crippen LogP) is 1.56. The van der Waals surface area contributed by atoms with Crippen LogP contribution in [0.2, 0.25) is 0 Å². The van der Waals surface area contributed by atoms with Gasteiger partial charge in [0, 0.05) is 5.56 Å². The minimum atomic E-state index is -4.00. The Labute approximate surface area is 117 Å². The number of ether oxygens (including phenoxy) is 1. The molecule has 6 nitrogen and oxygen atoms in total. The molecule has 1 aromatic rings. The van der Waals surface area contributed by atoms with E-state index in [0.717, 1.165) is 7.11 Å². The SMILES string of the molecule is COC(=O)c1cc2ccc1OS(=O)(=O)CC2=O.FC(F)F. The number of benzene rings is 1. The Morgan fingerprint density at radius 1 is 1.33 bits per heavy atom. The minimum Gasteiger partial charge on any atom is -0.465 e. The van der Waals surface area contributed by atoms with E-state index >= 15 is 0 Å². The molecule has 21 heavy (non-hydrogen) atoms. The molecule has 2 aliphatic heterocycles. The van der Waals surface area contributed by atoms with E-state index in [1.54, 1.807) is 0 Å². The third kappa shape index (κ3) is 4.74. The molecule has 3 rings (SSSR count). The van der Waals surface area contributed by atoms with Gasteiger partial charge >= 0.3 is 22.8 Å². The summed E-state index contributed by atoms with van der Waals surface area (Å²) in [7, 11) is -2.85. The third-order valence-electron chi connectivity index (χ3n) is 2.23. The summed E-state index contributed by atoms with van der Waals surface area (Å²) in [5, 5.41) is 0. The molecule has 2 bridgehead atoms. The van der Waals surface area contributed by atoms with Crippen molar-refractivity contribution in [2.75, 3.05) is 12.9 Å². The van der Waals surface area contributed by atoms with Crippen molar-refractivity contribution in [3.63, 3.8) is 0 Å². The van der Waals surface area contributed by atoms with Crippen LogP contribution in [-0.2, 0) is 14.9 Å². The van der Waals surface area contributed by atoms with Gasteiger partial charge in [-0.15, -0.1) is 0 Å². The van der Waals surface area contributed by atoms with Gasteiger partial charge in [0.15, 0.2) is 11.5 Å². The number of ketones is 1. The average Bonchev–Trinajstić information content (AvgIpc) is 2.35. The minimum absolute atomic E-state index is 0.0818. The molecule has 0 aromatic heterocycles. The first-order chi connectivity index (χ1) is 9.66. The zero-order valence-electron chi connectivity index (χ0n) is 10.5. The number of hydrogen-bond donors (Lipinski definition) is 0. The summed E-state index contributed by atoms with van der Waals surface area (Å²) in [6, 6.07) is 3.92. The highest BCUT2D eigenvalue weighted by Gasteiger charge is 2.28. The molecule has 0 amide bonds. The van der Waals surface area contributed by atoms with Gasteiger partial charge in [-0.1, -0.05) is 0 Å². The van der Waals surface area contributed by atoms with Crippen molar-refractivity contribution in [1.29, 1.82) is 0 Å². The molecule has 0 radical (unpaired) electrons. The summed E-state index contributed by atoms with van der Waals surface area (Å²) in [5.74, 6) is -2.25. The van der Waals surface area contributed by atoms with Gasteiger partial charge < -0.3 is 8.92 Å². The van der Waals surface area contributed by atoms with Crippen LogP contribution in [-0.4, -0.2) is 39.7 Å². The van der Waals surface area contributed by atoms with E-state index < -0.39 is 34.3 Å². The fourth-order valence-corrected chi connectivity index (χ4v) is 2.42. The summed E-state index contributed by atoms with van der Waals surface area (Å²) >= 11 is 0. The molecule has 0 atom stereocenters. The molecule has 0 unspecified atom stereocenters. The number of fused-ring (bicyclic) bond motifs is 5. The molecule has 2 aliphatic rings. The largest absolute Gasteiger partial charge is 0.465 e. The van der Waals surface area contributed by atoms with Gasteiger partial charge in [-0.2, -0.15) is 21.6 Å². The monoisotopic (exact) mass is 326 g/mol. The van der Waals surface area contributed by atoms with Crippen LogP contribution in [0.5, 0.6) is 5.75 Å². The standard InChI is InChI=1S/C10H8O6S.CHF3/c1-15-10(12)7-4-6-2-3-9(7)16-17(13,14)5-8(6)11;2-1(3)4/h2-4H,5H2,1H3;1H. The van der Waals surface area contributed by atoms with Gasteiger partial charge in [-0.05, 0) is 18.2 Å². The smallest absolute Gasteiger partial charge is 0.379 e. The highest BCUT2D eigenvalue weighted by Crippen LogP contribution is 2.25. The van der Waals surface area contributed by atoms with E-state index in [0.29, 0.717) is 0 Å². The molecular weight excluding hydrogens is 317 g/mol.